The Bertz CT molecular complexity index is 450. The summed E-state index contributed by atoms with van der Waals surface area (Å²) in [6.45, 7) is 3.19. The lowest BCUT2D eigenvalue weighted by Crippen LogP contribution is -2.39. The predicted octanol–water partition coefficient (Wildman–Crippen LogP) is 3.27. The third-order valence-corrected chi connectivity index (χ3v) is 4.34. The highest BCUT2D eigenvalue weighted by molar-refractivity contribution is 7.99. The van der Waals surface area contributed by atoms with E-state index in [1.165, 1.54) is 12.4 Å². The smallest absolute Gasteiger partial charge is 0.375 e. The monoisotopic (exact) mass is 320 g/mol. The number of hydrogen-bond donors (Lipinski definition) is 1. The fourth-order valence-electron chi connectivity index (χ4n) is 2.35. The lowest BCUT2D eigenvalue weighted by atomic mass is 9.98. The molecule has 0 saturated carbocycles. The van der Waals surface area contributed by atoms with E-state index in [0.717, 1.165) is 18.2 Å². The second-order valence-corrected chi connectivity index (χ2v) is 6.03. The van der Waals surface area contributed by atoms with E-state index in [1.807, 2.05) is 6.92 Å². The van der Waals surface area contributed by atoms with Gasteiger partial charge in [-0.25, -0.2) is 0 Å². The van der Waals surface area contributed by atoms with Crippen molar-refractivity contribution in [3.8, 4) is 0 Å². The van der Waals surface area contributed by atoms with Crippen LogP contribution in [0.2, 0.25) is 0 Å². The summed E-state index contributed by atoms with van der Waals surface area (Å²) in [6.07, 6.45) is -1.32. The molecule has 1 N–H and O–H groups in total. The summed E-state index contributed by atoms with van der Waals surface area (Å²) in [5.74, 6) is 1.57. The van der Waals surface area contributed by atoms with Crippen molar-refractivity contribution in [3.05, 3.63) is 29.6 Å². The van der Waals surface area contributed by atoms with Crippen LogP contribution >= 0.6 is 11.8 Å². The Labute approximate surface area is 126 Å². The lowest BCUT2D eigenvalue weighted by molar-refractivity contribution is -0.138. The molecule has 1 saturated heterocycles. The first-order valence-electron chi connectivity index (χ1n) is 6.98. The largest absolute Gasteiger partial charge is 0.416 e. The zero-order valence-electron chi connectivity index (χ0n) is 11.8. The van der Waals surface area contributed by atoms with Gasteiger partial charge in [0, 0.05) is 29.5 Å². The number of nitrogens with zero attached hydrogens (tertiary/aromatic N) is 1. The Hall–Kier alpha value is -0.790. The summed E-state index contributed by atoms with van der Waals surface area (Å²) in [6, 6.07) is 0.550. The van der Waals surface area contributed by atoms with Crippen molar-refractivity contribution in [2.24, 2.45) is 0 Å². The second-order valence-electron chi connectivity index (χ2n) is 4.88. The van der Waals surface area contributed by atoms with Crippen LogP contribution in [0.25, 0.3) is 0 Å². The maximum absolute atomic E-state index is 13.2. The van der Waals surface area contributed by atoms with E-state index in [0.29, 0.717) is 18.9 Å². The molecular formula is C14H19F3N2OS. The summed E-state index contributed by atoms with van der Waals surface area (Å²) < 4.78 is 45.3. The van der Waals surface area contributed by atoms with Crippen molar-refractivity contribution in [2.45, 2.75) is 31.7 Å². The summed E-state index contributed by atoms with van der Waals surface area (Å²) >= 11 is 1.71. The Morgan fingerprint density at radius 2 is 2.33 bits per heavy atom. The van der Waals surface area contributed by atoms with Crippen LogP contribution in [0.15, 0.2) is 18.5 Å². The molecule has 0 radical (unpaired) electrons. The van der Waals surface area contributed by atoms with E-state index >= 15 is 0 Å². The fourth-order valence-corrected chi connectivity index (χ4v) is 3.25. The van der Waals surface area contributed by atoms with Crippen molar-refractivity contribution >= 4 is 11.8 Å². The minimum atomic E-state index is -4.38. The molecule has 21 heavy (non-hydrogen) atoms. The van der Waals surface area contributed by atoms with E-state index in [1.54, 1.807) is 11.8 Å². The summed E-state index contributed by atoms with van der Waals surface area (Å²) in [5.41, 5.74) is -0.462. The molecule has 2 atom stereocenters. The van der Waals surface area contributed by atoms with Crippen LogP contribution in [-0.4, -0.2) is 35.7 Å². The minimum absolute atomic E-state index is 0.172. The predicted molar refractivity (Wildman–Crippen MR) is 77.3 cm³/mol. The van der Waals surface area contributed by atoms with Crippen LogP contribution < -0.4 is 5.32 Å². The summed E-state index contributed by atoms with van der Waals surface area (Å²) in [4.78, 5) is 3.88. The van der Waals surface area contributed by atoms with Gasteiger partial charge >= 0.3 is 6.18 Å². The van der Waals surface area contributed by atoms with Gasteiger partial charge in [-0.3, -0.25) is 4.98 Å². The van der Waals surface area contributed by atoms with Crippen molar-refractivity contribution in [1.82, 2.24) is 10.3 Å². The first kappa shape index (κ1) is 16.6. The number of rotatable bonds is 5. The highest BCUT2D eigenvalue weighted by Crippen LogP contribution is 2.36. The number of thioether (sulfide) groups is 1. The molecule has 118 valence electrons. The Kier molecular flexibility index (Phi) is 5.89. The van der Waals surface area contributed by atoms with Gasteiger partial charge in [0.2, 0.25) is 0 Å². The molecule has 0 bridgehead atoms. The van der Waals surface area contributed by atoms with Crippen LogP contribution in [-0.2, 0) is 10.9 Å². The number of pyridine rings is 1. The molecule has 2 heterocycles. The Balaban J connectivity index is 2.31. The molecule has 1 aromatic rings. The molecule has 1 fully saturated rings. The van der Waals surface area contributed by atoms with Gasteiger partial charge in [-0.05, 0) is 19.0 Å². The fraction of sp³-hybridized carbons (Fsp3) is 0.643. The highest BCUT2D eigenvalue weighted by Gasteiger charge is 2.37. The van der Waals surface area contributed by atoms with E-state index < -0.39 is 17.8 Å². The van der Waals surface area contributed by atoms with Gasteiger partial charge in [-0.15, -0.1) is 0 Å². The Morgan fingerprint density at radius 3 is 2.95 bits per heavy atom. The zero-order chi connectivity index (χ0) is 15.3. The first-order chi connectivity index (χ1) is 10.0. The molecule has 0 amide bonds. The topological polar surface area (TPSA) is 34.2 Å². The molecule has 3 nitrogen and oxygen atoms in total. The van der Waals surface area contributed by atoms with Crippen LogP contribution in [0.3, 0.4) is 0 Å². The van der Waals surface area contributed by atoms with Gasteiger partial charge in [-0.2, -0.15) is 24.9 Å². The van der Waals surface area contributed by atoms with Crippen molar-refractivity contribution in [3.63, 3.8) is 0 Å². The summed E-state index contributed by atoms with van der Waals surface area (Å²) in [7, 11) is 0. The van der Waals surface area contributed by atoms with Gasteiger partial charge in [0.25, 0.3) is 0 Å². The molecule has 2 unspecified atom stereocenters. The lowest BCUT2D eigenvalue weighted by Gasteiger charge is -2.32. The van der Waals surface area contributed by atoms with Gasteiger partial charge in [0.05, 0.1) is 24.3 Å². The average Bonchev–Trinajstić information content (AvgIpc) is 2.48. The average molecular weight is 320 g/mol. The normalized spacial score (nSPS) is 21.2. The molecule has 1 aromatic heterocycles. The van der Waals surface area contributed by atoms with Crippen LogP contribution in [0.1, 0.15) is 30.5 Å². The minimum Gasteiger partial charge on any atom is -0.375 e. The molecule has 0 aliphatic carbocycles. The Morgan fingerprint density at radius 1 is 1.52 bits per heavy atom. The van der Waals surface area contributed by atoms with Crippen LogP contribution in [0, 0.1) is 0 Å². The first-order valence-corrected chi connectivity index (χ1v) is 8.13. The van der Waals surface area contributed by atoms with Gasteiger partial charge in [-0.1, -0.05) is 6.92 Å². The van der Waals surface area contributed by atoms with Crippen LogP contribution in [0.4, 0.5) is 13.2 Å². The number of alkyl halides is 3. The number of aromatic nitrogens is 1. The van der Waals surface area contributed by atoms with Gasteiger partial charge in [0.1, 0.15) is 0 Å². The maximum Gasteiger partial charge on any atom is 0.416 e. The van der Waals surface area contributed by atoms with Crippen molar-refractivity contribution in [1.29, 1.82) is 0 Å². The third kappa shape index (κ3) is 4.34. The third-order valence-electron chi connectivity index (χ3n) is 3.32. The zero-order valence-corrected chi connectivity index (χ0v) is 12.6. The van der Waals surface area contributed by atoms with Crippen LogP contribution in [0.5, 0.6) is 0 Å². The summed E-state index contributed by atoms with van der Waals surface area (Å²) in [5, 5.41) is 3.19. The standard InChI is InChI=1S/C14H19F3N2OS/c1-2-4-19-13(12-9-21-7-6-20-12)10-8-18-5-3-11(10)14(15,16)17/h3,5,8,12-13,19H,2,4,6-7,9H2,1H3. The molecule has 1 aliphatic rings. The number of ether oxygens (including phenoxy) is 1. The van der Waals surface area contributed by atoms with E-state index in [2.05, 4.69) is 10.3 Å². The van der Waals surface area contributed by atoms with Crippen molar-refractivity contribution < 1.29 is 17.9 Å². The highest BCUT2D eigenvalue weighted by atomic mass is 32.2. The molecular weight excluding hydrogens is 301 g/mol. The molecule has 7 heteroatoms. The number of hydrogen-bond acceptors (Lipinski definition) is 4. The molecule has 2 rings (SSSR count). The molecule has 1 aliphatic heterocycles. The second kappa shape index (κ2) is 7.47. The van der Waals surface area contributed by atoms with Gasteiger partial charge in [0.15, 0.2) is 0 Å². The molecule has 0 spiro atoms. The maximum atomic E-state index is 13.2. The number of nitrogens with one attached hydrogen (secondary N) is 1. The quantitative estimate of drug-likeness (QED) is 0.903. The molecule has 0 aromatic carbocycles. The van der Waals surface area contributed by atoms with E-state index in [4.69, 9.17) is 4.74 Å². The number of halogens is 3. The van der Waals surface area contributed by atoms with E-state index in [9.17, 15) is 13.2 Å². The van der Waals surface area contributed by atoms with Gasteiger partial charge < -0.3 is 10.1 Å². The SMILES string of the molecule is CCCNC(c1cnccc1C(F)(F)F)C1CSCCO1. The van der Waals surface area contributed by atoms with Crippen molar-refractivity contribution in [2.75, 3.05) is 24.7 Å². The van der Waals surface area contributed by atoms with E-state index in [-0.39, 0.29) is 11.7 Å².